The van der Waals surface area contributed by atoms with Gasteiger partial charge in [-0.3, -0.25) is 9.59 Å². The van der Waals surface area contributed by atoms with E-state index < -0.39 is 0 Å². The van der Waals surface area contributed by atoms with E-state index in [0.717, 1.165) is 25.8 Å². The standard InChI is InChI=1S/C13H21N5O2S/c1-9(12-16-17-13(14)21-12)15-10(19)6-8-18-7-4-2-3-5-11(18)20/h9H,2-8H2,1H3,(H2,14,17)(H,15,19)/t9-/m0/s1. The van der Waals surface area contributed by atoms with Crippen molar-refractivity contribution in [2.45, 2.75) is 45.1 Å². The average molecular weight is 311 g/mol. The number of nitrogens with zero attached hydrogens (tertiary/aromatic N) is 3. The van der Waals surface area contributed by atoms with Crippen LogP contribution in [0.5, 0.6) is 0 Å². The van der Waals surface area contributed by atoms with E-state index in [9.17, 15) is 9.59 Å². The second-order valence-corrected chi connectivity index (χ2v) is 6.25. The highest BCUT2D eigenvalue weighted by atomic mass is 32.1. The zero-order valence-electron chi connectivity index (χ0n) is 12.2. The Kier molecular flexibility index (Phi) is 5.49. The molecule has 1 fully saturated rings. The van der Waals surface area contributed by atoms with Crippen LogP contribution in [-0.4, -0.2) is 40.0 Å². The van der Waals surface area contributed by atoms with Gasteiger partial charge < -0.3 is 16.0 Å². The molecular formula is C13H21N5O2S. The lowest BCUT2D eigenvalue weighted by molar-refractivity contribution is -0.131. The summed E-state index contributed by atoms with van der Waals surface area (Å²) in [6.07, 6.45) is 3.97. The van der Waals surface area contributed by atoms with Crippen LogP contribution in [0.15, 0.2) is 0 Å². The molecule has 0 spiro atoms. The van der Waals surface area contributed by atoms with Gasteiger partial charge in [0.15, 0.2) is 0 Å². The Labute approximate surface area is 127 Å². The summed E-state index contributed by atoms with van der Waals surface area (Å²) in [5, 5.41) is 11.6. The summed E-state index contributed by atoms with van der Waals surface area (Å²) in [5.41, 5.74) is 5.52. The third kappa shape index (κ3) is 4.66. The number of carbonyl (C=O) groups excluding carboxylic acids is 2. The van der Waals surface area contributed by atoms with Crippen molar-refractivity contribution in [2.75, 3.05) is 18.8 Å². The van der Waals surface area contributed by atoms with E-state index in [2.05, 4.69) is 15.5 Å². The second-order valence-electron chi connectivity index (χ2n) is 5.21. The maximum atomic E-state index is 11.9. The maximum absolute atomic E-state index is 11.9. The highest BCUT2D eigenvalue weighted by Gasteiger charge is 2.18. The number of nitrogen functional groups attached to an aromatic ring is 1. The fraction of sp³-hybridized carbons (Fsp3) is 0.692. The van der Waals surface area contributed by atoms with Crippen molar-refractivity contribution in [1.29, 1.82) is 0 Å². The summed E-state index contributed by atoms with van der Waals surface area (Å²) in [7, 11) is 0. The number of anilines is 1. The van der Waals surface area contributed by atoms with Gasteiger partial charge in [0.1, 0.15) is 5.01 Å². The minimum Gasteiger partial charge on any atom is -0.374 e. The summed E-state index contributed by atoms with van der Waals surface area (Å²) in [6.45, 7) is 3.08. The predicted octanol–water partition coefficient (Wildman–Crippen LogP) is 1.09. The molecule has 0 bridgehead atoms. The van der Waals surface area contributed by atoms with Gasteiger partial charge in [0, 0.05) is 25.9 Å². The minimum atomic E-state index is -0.216. The van der Waals surface area contributed by atoms with Gasteiger partial charge in [0.2, 0.25) is 16.9 Å². The minimum absolute atomic E-state index is 0.0895. The molecule has 1 atom stereocenters. The molecule has 1 aromatic heterocycles. The summed E-state index contributed by atoms with van der Waals surface area (Å²) in [5.74, 6) is 0.0681. The average Bonchev–Trinajstić information content (AvgIpc) is 2.77. The molecule has 0 saturated carbocycles. The maximum Gasteiger partial charge on any atom is 0.222 e. The summed E-state index contributed by atoms with van der Waals surface area (Å²) in [4.78, 5) is 25.6. The molecule has 1 aromatic rings. The van der Waals surface area contributed by atoms with Crippen LogP contribution in [0.3, 0.4) is 0 Å². The van der Waals surface area contributed by atoms with Gasteiger partial charge >= 0.3 is 0 Å². The van der Waals surface area contributed by atoms with E-state index in [1.807, 2.05) is 6.92 Å². The third-order valence-electron chi connectivity index (χ3n) is 3.48. The molecule has 7 nitrogen and oxygen atoms in total. The van der Waals surface area contributed by atoms with Crippen LogP contribution in [0, 0.1) is 0 Å². The molecular weight excluding hydrogens is 290 g/mol. The Morgan fingerprint density at radius 3 is 2.95 bits per heavy atom. The Balaban J connectivity index is 1.77. The Morgan fingerprint density at radius 1 is 1.43 bits per heavy atom. The summed E-state index contributed by atoms with van der Waals surface area (Å²) >= 11 is 1.26. The van der Waals surface area contributed by atoms with Gasteiger partial charge in [-0.2, -0.15) is 0 Å². The van der Waals surface area contributed by atoms with Crippen LogP contribution < -0.4 is 11.1 Å². The fourth-order valence-electron chi connectivity index (χ4n) is 2.31. The van der Waals surface area contributed by atoms with E-state index in [0.29, 0.717) is 29.5 Å². The van der Waals surface area contributed by atoms with E-state index in [4.69, 9.17) is 5.73 Å². The topological polar surface area (TPSA) is 101 Å². The lowest BCUT2D eigenvalue weighted by atomic mass is 10.2. The second kappa shape index (κ2) is 7.35. The van der Waals surface area contributed by atoms with E-state index in [1.165, 1.54) is 11.3 Å². The fourth-order valence-corrected chi connectivity index (χ4v) is 2.92. The highest BCUT2D eigenvalue weighted by Crippen LogP contribution is 2.19. The summed E-state index contributed by atoms with van der Waals surface area (Å²) < 4.78 is 0. The van der Waals surface area contributed by atoms with Gasteiger partial charge in [-0.1, -0.05) is 17.8 Å². The molecule has 1 saturated heterocycles. The molecule has 2 amide bonds. The lowest BCUT2D eigenvalue weighted by Crippen LogP contribution is -2.35. The smallest absolute Gasteiger partial charge is 0.222 e. The predicted molar refractivity (Wildman–Crippen MR) is 80.5 cm³/mol. The molecule has 0 radical (unpaired) electrons. The number of rotatable bonds is 5. The Morgan fingerprint density at radius 2 is 2.24 bits per heavy atom. The van der Waals surface area contributed by atoms with Gasteiger partial charge in [0.05, 0.1) is 6.04 Å². The molecule has 1 aliphatic heterocycles. The molecule has 116 valence electrons. The van der Waals surface area contributed by atoms with Crippen molar-refractivity contribution >= 4 is 28.3 Å². The third-order valence-corrected chi connectivity index (χ3v) is 4.42. The number of aromatic nitrogens is 2. The molecule has 0 aromatic carbocycles. The number of nitrogens with two attached hydrogens (primary N) is 1. The van der Waals surface area contributed by atoms with Crippen LogP contribution in [0.4, 0.5) is 5.13 Å². The van der Waals surface area contributed by atoms with Crippen LogP contribution in [0.2, 0.25) is 0 Å². The van der Waals surface area contributed by atoms with Crippen molar-refractivity contribution in [3.05, 3.63) is 5.01 Å². The largest absolute Gasteiger partial charge is 0.374 e. The first-order chi connectivity index (χ1) is 10.1. The zero-order chi connectivity index (χ0) is 15.2. The molecule has 8 heteroatoms. The van der Waals surface area contributed by atoms with E-state index in [1.54, 1.807) is 4.90 Å². The molecule has 1 aliphatic rings. The first kappa shape index (κ1) is 15.7. The number of amides is 2. The molecule has 3 N–H and O–H groups in total. The zero-order valence-corrected chi connectivity index (χ0v) is 13.0. The van der Waals surface area contributed by atoms with Gasteiger partial charge in [-0.05, 0) is 19.8 Å². The first-order valence-electron chi connectivity index (χ1n) is 7.22. The van der Waals surface area contributed by atoms with Crippen LogP contribution in [0.25, 0.3) is 0 Å². The lowest BCUT2D eigenvalue weighted by Gasteiger charge is -2.20. The number of hydrogen-bond donors (Lipinski definition) is 2. The molecule has 2 rings (SSSR count). The van der Waals surface area contributed by atoms with Crippen molar-refractivity contribution < 1.29 is 9.59 Å². The first-order valence-corrected chi connectivity index (χ1v) is 8.04. The number of likely N-dealkylation sites (tertiary alicyclic amines) is 1. The van der Waals surface area contributed by atoms with Crippen molar-refractivity contribution in [3.8, 4) is 0 Å². The molecule has 21 heavy (non-hydrogen) atoms. The molecule has 2 heterocycles. The number of nitrogens with one attached hydrogen (secondary N) is 1. The van der Waals surface area contributed by atoms with Gasteiger partial charge in [0.25, 0.3) is 0 Å². The Bertz CT molecular complexity index is 505. The normalized spacial score (nSPS) is 17.4. The summed E-state index contributed by atoms with van der Waals surface area (Å²) in [6, 6.07) is -0.216. The number of carbonyl (C=O) groups is 2. The van der Waals surface area contributed by atoms with Crippen LogP contribution in [0.1, 0.15) is 50.1 Å². The van der Waals surface area contributed by atoms with Crippen molar-refractivity contribution in [2.24, 2.45) is 0 Å². The van der Waals surface area contributed by atoms with Crippen molar-refractivity contribution in [3.63, 3.8) is 0 Å². The Hall–Kier alpha value is -1.70. The number of hydrogen-bond acceptors (Lipinski definition) is 6. The SMILES string of the molecule is C[C@H](NC(=O)CCN1CCCCCC1=O)c1nnc(N)s1. The molecule has 0 aliphatic carbocycles. The van der Waals surface area contributed by atoms with Gasteiger partial charge in [-0.25, -0.2) is 0 Å². The highest BCUT2D eigenvalue weighted by molar-refractivity contribution is 7.15. The molecule has 0 unspecified atom stereocenters. The monoisotopic (exact) mass is 311 g/mol. The van der Waals surface area contributed by atoms with Crippen LogP contribution in [-0.2, 0) is 9.59 Å². The van der Waals surface area contributed by atoms with Gasteiger partial charge in [-0.15, -0.1) is 10.2 Å². The van der Waals surface area contributed by atoms with E-state index >= 15 is 0 Å². The van der Waals surface area contributed by atoms with Crippen LogP contribution >= 0.6 is 11.3 Å². The van der Waals surface area contributed by atoms with E-state index in [-0.39, 0.29) is 17.9 Å². The van der Waals surface area contributed by atoms with Crippen molar-refractivity contribution in [1.82, 2.24) is 20.4 Å². The quantitative estimate of drug-likeness (QED) is 0.847.